The number of nitrogens with one attached hydrogen (secondary N) is 1. The fraction of sp³-hybridized carbons (Fsp3) is 0.467. The molecule has 1 heterocycles. The molecular weight excluding hydrogens is 267 g/mol. The molecule has 1 aromatic rings. The number of rotatable bonds is 4. The molecule has 5 heteroatoms. The van der Waals surface area contributed by atoms with Crippen LogP contribution in [0.3, 0.4) is 0 Å². The van der Waals surface area contributed by atoms with Crippen molar-refractivity contribution in [3.8, 4) is 0 Å². The maximum Gasteiger partial charge on any atom is 0.416 e. The molecule has 0 aliphatic carbocycles. The minimum atomic E-state index is -4.36. The largest absolute Gasteiger partial charge is 0.496 e. The summed E-state index contributed by atoms with van der Waals surface area (Å²) >= 11 is 0. The van der Waals surface area contributed by atoms with Gasteiger partial charge in [-0.25, -0.2) is 0 Å². The molecule has 1 aromatic carbocycles. The van der Waals surface area contributed by atoms with Crippen LogP contribution in [-0.2, 0) is 10.9 Å². The van der Waals surface area contributed by atoms with E-state index in [0.29, 0.717) is 18.9 Å². The van der Waals surface area contributed by atoms with Crippen LogP contribution >= 0.6 is 0 Å². The Kier molecular flexibility index (Phi) is 4.70. The van der Waals surface area contributed by atoms with E-state index < -0.39 is 17.8 Å². The van der Waals surface area contributed by atoms with Crippen molar-refractivity contribution in [2.45, 2.75) is 32.0 Å². The van der Waals surface area contributed by atoms with E-state index >= 15 is 0 Å². The number of ether oxygens (including phenoxy) is 1. The second kappa shape index (κ2) is 6.31. The average molecular weight is 285 g/mol. The summed E-state index contributed by atoms with van der Waals surface area (Å²) < 4.78 is 44.9. The van der Waals surface area contributed by atoms with Gasteiger partial charge in [-0.05, 0) is 37.1 Å². The number of likely N-dealkylation sites (N-methyl/N-ethyl adjacent to an activating group) is 1. The fourth-order valence-corrected chi connectivity index (χ4v) is 2.35. The Labute approximate surface area is 116 Å². The van der Waals surface area contributed by atoms with Crippen LogP contribution in [0, 0.1) is 0 Å². The van der Waals surface area contributed by atoms with Gasteiger partial charge < -0.3 is 10.1 Å². The molecule has 1 N–H and O–H groups in total. The lowest BCUT2D eigenvalue weighted by molar-refractivity contribution is -0.138. The topological polar surface area (TPSA) is 21.3 Å². The number of allylic oxidation sites excluding steroid dienone is 1. The molecule has 110 valence electrons. The van der Waals surface area contributed by atoms with Crippen LogP contribution in [0.25, 0.3) is 0 Å². The number of alkyl halides is 3. The van der Waals surface area contributed by atoms with Crippen molar-refractivity contribution in [1.82, 2.24) is 5.32 Å². The molecule has 1 atom stereocenters. The minimum Gasteiger partial charge on any atom is -0.496 e. The second-order valence-corrected chi connectivity index (χ2v) is 4.67. The molecule has 0 fully saturated rings. The van der Waals surface area contributed by atoms with E-state index in [1.165, 1.54) is 12.1 Å². The van der Waals surface area contributed by atoms with E-state index in [1.807, 2.05) is 13.0 Å². The van der Waals surface area contributed by atoms with Gasteiger partial charge in [-0.1, -0.05) is 25.1 Å². The summed E-state index contributed by atoms with van der Waals surface area (Å²) in [5.41, 5.74) is -0.393. The Bertz CT molecular complexity index is 482. The summed E-state index contributed by atoms with van der Waals surface area (Å²) in [7, 11) is 0. The highest BCUT2D eigenvalue weighted by atomic mass is 19.4. The highest BCUT2D eigenvalue weighted by Crippen LogP contribution is 2.37. The summed E-state index contributed by atoms with van der Waals surface area (Å²) in [4.78, 5) is 0. The summed E-state index contributed by atoms with van der Waals surface area (Å²) in [5, 5.41) is 3.09. The van der Waals surface area contributed by atoms with Crippen LogP contribution in [-0.4, -0.2) is 13.2 Å². The minimum absolute atomic E-state index is 0.218. The molecule has 0 bridgehead atoms. The first kappa shape index (κ1) is 14.9. The first-order valence-corrected chi connectivity index (χ1v) is 6.76. The van der Waals surface area contributed by atoms with Gasteiger partial charge in [0.15, 0.2) is 0 Å². The molecule has 1 aliphatic rings. The molecule has 1 aliphatic heterocycles. The number of hydrogen-bond donors (Lipinski definition) is 1. The van der Waals surface area contributed by atoms with Gasteiger partial charge in [0.25, 0.3) is 0 Å². The third kappa shape index (κ3) is 3.33. The van der Waals surface area contributed by atoms with Gasteiger partial charge in [-0.3, -0.25) is 0 Å². The maximum atomic E-state index is 13.1. The van der Waals surface area contributed by atoms with Crippen LogP contribution in [0.1, 0.15) is 36.9 Å². The average Bonchev–Trinajstić information content (AvgIpc) is 2.45. The Hall–Kier alpha value is -1.49. The van der Waals surface area contributed by atoms with Gasteiger partial charge in [-0.2, -0.15) is 13.2 Å². The second-order valence-electron chi connectivity index (χ2n) is 4.67. The molecule has 0 radical (unpaired) electrons. The quantitative estimate of drug-likeness (QED) is 0.901. The maximum absolute atomic E-state index is 13.1. The SMILES string of the molecule is CCNC(C1=CCCCO1)c1ccccc1C(F)(F)F. The standard InChI is InChI=1S/C15H18F3NO/c1-2-19-14(13-9-5-6-10-20-13)11-7-3-4-8-12(11)15(16,17)18/h3-4,7-9,14,19H,2,5-6,10H2,1H3. The molecular formula is C15H18F3NO. The van der Waals surface area contributed by atoms with Crippen LogP contribution < -0.4 is 5.32 Å². The normalized spacial score (nSPS) is 17.3. The monoisotopic (exact) mass is 285 g/mol. The zero-order chi connectivity index (χ0) is 14.6. The molecule has 0 saturated heterocycles. The lowest BCUT2D eigenvalue weighted by Gasteiger charge is -2.27. The lowest BCUT2D eigenvalue weighted by Crippen LogP contribution is -2.27. The molecule has 1 unspecified atom stereocenters. The van der Waals surface area contributed by atoms with Crippen molar-refractivity contribution in [3.05, 3.63) is 47.2 Å². The Morgan fingerprint density at radius 1 is 1.30 bits per heavy atom. The van der Waals surface area contributed by atoms with Crippen molar-refractivity contribution in [2.75, 3.05) is 13.2 Å². The van der Waals surface area contributed by atoms with E-state index in [0.717, 1.165) is 18.9 Å². The van der Waals surface area contributed by atoms with Crippen LogP contribution in [0.15, 0.2) is 36.1 Å². The summed E-state index contributed by atoms with van der Waals surface area (Å²) in [6.45, 7) is 2.99. The van der Waals surface area contributed by atoms with E-state index in [9.17, 15) is 13.2 Å². The zero-order valence-electron chi connectivity index (χ0n) is 11.3. The Morgan fingerprint density at radius 2 is 2.05 bits per heavy atom. The molecule has 0 spiro atoms. The third-order valence-corrected chi connectivity index (χ3v) is 3.23. The van der Waals surface area contributed by atoms with Crippen LogP contribution in [0.5, 0.6) is 0 Å². The van der Waals surface area contributed by atoms with Crippen molar-refractivity contribution >= 4 is 0 Å². The molecule has 0 amide bonds. The van der Waals surface area contributed by atoms with E-state index in [-0.39, 0.29) is 5.56 Å². The summed E-state index contributed by atoms with van der Waals surface area (Å²) in [5.74, 6) is 0.592. The van der Waals surface area contributed by atoms with Gasteiger partial charge in [0, 0.05) is 0 Å². The van der Waals surface area contributed by atoms with Gasteiger partial charge in [0.2, 0.25) is 0 Å². The number of hydrogen-bond acceptors (Lipinski definition) is 2. The predicted molar refractivity (Wildman–Crippen MR) is 71.1 cm³/mol. The first-order valence-electron chi connectivity index (χ1n) is 6.76. The smallest absolute Gasteiger partial charge is 0.416 e. The molecule has 20 heavy (non-hydrogen) atoms. The highest BCUT2D eigenvalue weighted by Gasteiger charge is 2.36. The molecule has 0 aromatic heterocycles. The Morgan fingerprint density at radius 3 is 2.65 bits per heavy atom. The van der Waals surface area contributed by atoms with Gasteiger partial charge >= 0.3 is 6.18 Å². The molecule has 2 nitrogen and oxygen atoms in total. The summed E-state index contributed by atoms with van der Waals surface area (Å²) in [6, 6.07) is 5.11. The van der Waals surface area contributed by atoms with E-state index in [4.69, 9.17) is 4.74 Å². The van der Waals surface area contributed by atoms with Gasteiger partial charge in [-0.15, -0.1) is 0 Å². The van der Waals surface area contributed by atoms with Crippen molar-refractivity contribution in [3.63, 3.8) is 0 Å². The van der Waals surface area contributed by atoms with Gasteiger partial charge in [0.1, 0.15) is 5.76 Å². The van der Waals surface area contributed by atoms with Crippen LogP contribution in [0.2, 0.25) is 0 Å². The number of benzene rings is 1. The fourth-order valence-electron chi connectivity index (χ4n) is 2.35. The van der Waals surface area contributed by atoms with E-state index in [2.05, 4.69) is 5.32 Å². The van der Waals surface area contributed by atoms with E-state index in [1.54, 1.807) is 6.07 Å². The predicted octanol–water partition coefficient (Wildman–Crippen LogP) is 4.05. The van der Waals surface area contributed by atoms with Crippen LogP contribution in [0.4, 0.5) is 13.2 Å². The summed E-state index contributed by atoms with van der Waals surface area (Å²) in [6.07, 6.45) is -0.738. The van der Waals surface area contributed by atoms with Crippen molar-refractivity contribution < 1.29 is 17.9 Å². The number of halogens is 3. The zero-order valence-corrected chi connectivity index (χ0v) is 11.3. The first-order chi connectivity index (χ1) is 9.54. The van der Waals surface area contributed by atoms with Crippen molar-refractivity contribution in [2.24, 2.45) is 0 Å². The van der Waals surface area contributed by atoms with Gasteiger partial charge in [0.05, 0.1) is 18.2 Å². The van der Waals surface area contributed by atoms with Crippen molar-refractivity contribution in [1.29, 1.82) is 0 Å². The highest BCUT2D eigenvalue weighted by molar-refractivity contribution is 5.36. The third-order valence-electron chi connectivity index (χ3n) is 3.23. The lowest BCUT2D eigenvalue weighted by atomic mass is 9.97. The Balaban J connectivity index is 2.41. The molecule has 0 saturated carbocycles. The molecule has 2 rings (SSSR count).